The van der Waals surface area contributed by atoms with Crippen LogP contribution in [0.15, 0.2) is 34.9 Å². The van der Waals surface area contributed by atoms with Crippen molar-refractivity contribution in [2.75, 3.05) is 78.8 Å². The molecule has 34 heavy (non-hydrogen) atoms. The summed E-state index contributed by atoms with van der Waals surface area (Å²) in [5.74, 6) is 0.320. The summed E-state index contributed by atoms with van der Waals surface area (Å²) in [6.45, 7) is 11.1. The highest BCUT2D eigenvalue weighted by molar-refractivity contribution is 6.30. The van der Waals surface area contributed by atoms with Crippen LogP contribution in [0.4, 0.5) is 0 Å². The molecule has 4 rings (SSSR count). The Bertz CT molecular complexity index is 899. The number of ether oxygens (including phenoxy) is 2. The fourth-order valence-electron chi connectivity index (χ4n) is 4.14. The lowest BCUT2D eigenvalue weighted by Gasteiger charge is -2.29. The maximum Gasteiger partial charge on any atom is 0.273 e. The second-order valence-corrected chi connectivity index (χ2v) is 9.07. The molecule has 0 saturated carbocycles. The van der Waals surface area contributed by atoms with Gasteiger partial charge in [-0.2, -0.15) is 0 Å². The van der Waals surface area contributed by atoms with Crippen LogP contribution >= 0.6 is 11.6 Å². The molecule has 0 spiro atoms. The number of nitrogens with zero attached hydrogens (tertiary/aromatic N) is 4. The molecule has 2 saturated heterocycles. The lowest BCUT2D eigenvalue weighted by atomic mass is 10.2. The van der Waals surface area contributed by atoms with Crippen LogP contribution in [0.1, 0.15) is 21.9 Å². The average molecular weight is 492 g/mol. The maximum atomic E-state index is 12.5. The molecule has 2 fully saturated rings. The molecule has 2 aliphatic heterocycles. The van der Waals surface area contributed by atoms with E-state index >= 15 is 0 Å². The molecule has 1 N–H and O–H groups in total. The van der Waals surface area contributed by atoms with Gasteiger partial charge in [0.15, 0.2) is 5.69 Å². The van der Waals surface area contributed by atoms with Crippen molar-refractivity contribution in [2.45, 2.75) is 13.1 Å². The molecular formula is C24H34ClN5O4. The minimum absolute atomic E-state index is 0.210. The van der Waals surface area contributed by atoms with Gasteiger partial charge in [0.05, 0.1) is 33.0 Å². The van der Waals surface area contributed by atoms with Crippen molar-refractivity contribution in [3.8, 4) is 0 Å². The van der Waals surface area contributed by atoms with E-state index in [2.05, 4.69) is 31.1 Å². The van der Waals surface area contributed by atoms with Gasteiger partial charge in [0.25, 0.3) is 5.91 Å². The number of amides is 1. The fourth-order valence-corrected chi connectivity index (χ4v) is 4.35. The van der Waals surface area contributed by atoms with Crippen molar-refractivity contribution < 1.29 is 18.7 Å². The Balaban J connectivity index is 1.30. The minimum Gasteiger partial charge on any atom is -0.447 e. The number of nitrogens with one attached hydrogen (secondary N) is 1. The van der Waals surface area contributed by atoms with E-state index in [0.717, 1.165) is 82.8 Å². The van der Waals surface area contributed by atoms with Gasteiger partial charge in [-0.3, -0.25) is 19.5 Å². The summed E-state index contributed by atoms with van der Waals surface area (Å²) in [7, 11) is 0. The number of rotatable bonds is 11. The monoisotopic (exact) mass is 491 g/mol. The molecule has 1 aromatic heterocycles. The second kappa shape index (κ2) is 13.2. The number of hydrogen-bond acceptors (Lipinski definition) is 8. The predicted octanol–water partition coefficient (Wildman–Crippen LogP) is 1.72. The Morgan fingerprint density at radius 1 is 1.03 bits per heavy atom. The van der Waals surface area contributed by atoms with Crippen molar-refractivity contribution >= 4 is 17.5 Å². The topological polar surface area (TPSA) is 83.3 Å². The molecule has 0 aliphatic carbocycles. The molecular weight excluding hydrogens is 458 g/mol. The lowest BCUT2D eigenvalue weighted by Crippen LogP contribution is -2.41. The zero-order valence-corrected chi connectivity index (χ0v) is 20.3. The molecule has 0 atom stereocenters. The first-order valence-electron chi connectivity index (χ1n) is 12.0. The van der Waals surface area contributed by atoms with Gasteiger partial charge in [-0.25, -0.2) is 4.98 Å². The summed E-state index contributed by atoms with van der Waals surface area (Å²) in [5, 5.41) is 3.66. The Morgan fingerprint density at radius 3 is 2.44 bits per heavy atom. The summed E-state index contributed by atoms with van der Waals surface area (Å²) in [6.07, 6.45) is 1.44. The number of oxazole rings is 1. The highest BCUT2D eigenvalue weighted by atomic mass is 35.5. The lowest BCUT2D eigenvalue weighted by molar-refractivity contribution is 0.0320. The Labute approximate surface area is 205 Å². The smallest absolute Gasteiger partial charge is 0.273 e. The van der Waals surface area contributed by atoms with Crippen molar-refractivity contribution in [3.63, 3.8) is 0 Å². The van der Waals surface area contributed by atoms with E-state index in [4.69, 9.17) is 25.5 Å². The number of morpholine rings is 2. The molecule has 9 nitrogen and oxygen atoms in total. The van der Waals surface area contributed by atoms with Crippen LogP contribution < -0.4 is 5.32 Å². The first kappa shape index (κ1) is 25.1. The van der Waals surface area contributed by atoms with E-state index < -0.39 is 0 Å². The zero-order chi connectivity index (χ0) is 23.6. The average Bonchev–Trinajstić information content (AvgIpc) is 3.32. The molecule has 3 heterocycles. The minimum atomic E-state index is -0.210. The number of carbonyl (C=O) groups excluding carboxylic acids is 1. The molecule has 2 aliphatic rings. The molecule has 186 valence electrons. The molecule has 1 aromatic carbocycles. The highest BCUT2D eigenvalue weighted by Crippen LogP contribution is 2.15. The van der Waals surface area contributed by atoms with E-state index in [1.807, 2.05) is 18.2 Å². The van der Waals surface area contributed by atoms with E-state index in [1.165, 1.54) is 6.26 Å². The third-order valence-electron chi connectivity index (χ3n) is 6.09. The van der Waals surface area contributed by atoms with Crippen LogP contribution in [0.2, 0.25) is 5.02 Å². The zero-order valence-electron chi connectivity index (χ0n) is 19.6. The largest absolute Gasteiger partial charge is 0.447 e. The van der Waals surface area contributed by atoms with Gasteiger partial charge in [0, 0.05) is 63.9 Å². The number of halogens is 1. The van der Waals surface area contributed by atoms with Crippen LogP contribution in [0, 0.1) is 0 Å². The molecule has 0 radical (unpaired) electrons. The quantitative estimate of drug-likeness (QED) is 0.509. The summed E-state index contributed by atoms with van der Waals surface area (Å²) >= 11 is 6.19. The van der Waals surface area contributed by atoms with Crippen LogP contribution in [0.3, 0.4) is 0 Å². The Hall–Kier alpha value is -2.01. The predicted molar refractivity (Wildman–Crippen MR) is 129 cm³/mol. The van der Waals surface area contributed by atoms with Gasteiger partial charge < -0.3 is 19.2 Å². The first-order valence-corrected chi connectivity index (χ1v) is 12.3. The highest BCUT2D eigenvalue weighted by Gasteiger charge is 2.18. The van der Waals surface area contributed by atoms with E-state index in [-0.39, 0.29) is 5.91 Å². The van der Waals surface area contributed by atoms with Crippen molar-refractivity contribution in [1.29, 1.82) is 0 Å². The van der Waals surface area contributed by atoms with Gasteiger partial charge >= 0.3 is 0 Å². The van der Waals surface area contributed by atoms with E-state index in [9.17, 15) is 4.79 Å². The van der Waals surface area contributed by atoms with Crippen molar-refractivity contribution in [1.82, 2.24) is 25.0 Å². The van der Waals surface area contributed by atoms with Gasteiger partial charge in [0.1, 0.15) is 6.26 Å². The standard InChI is InChI=1S/C24H34ClN5O4/c25-21-3-1-2-20(16-21)17-30(7-6-29-10-14-33-15-11-29)18-23-27-22(19-34-23)24(31)26-4-5-28-8-12-32-13-9-28/h1-3,16,19H,4-15,17-18H2,(H,26,31). The van der Waals surface area contributed by atoms with Gasteiger partial charge in [-0.1, -0.05) is 23.7 Å². The normalized spacial score (nSPS) is 17.8. The fraction of sp³-hybridized carbons (Fsp3) is 0.583. The van der Waals surface area contributed by atoms with Gasteiger partial charge in [0.2, 0.25) is 5.89 Å². The molecule has 10 heteroatoms. The number of aromatic nitrogens is 1. The van der Waals surface area contributed by atoms with E-state index in [1.54, 1.807) is 0 Å². The van der Waals surface area contributed by atoms with E-state index in [0.29, 0.717) is 31.2 Å². The Kier molecular flexibility index (Phi) is 9.73. The first-order chi connectivity index (χ1) is 16.7. The summed E-state index contributed by atoms with van der Waals surface area (Å²) in [4.78, 5) is 23.9. The van der Waals surface area contributed by atoms with Crippen molar-refractivity contribution in [2.24, 2.45) is 0 Å². The SMILES string of the molecule is O=C(NCCN1CCOCC1)c1coc(CN(CCN2CCOCC2)Cc2cccc(Cl)c2)n1. The molecule has 0 bridgehead atoms. The van der Waals surface area contributed by atoms with Crippen LogP contribution in [-0.4, -0.2) is 104 Å². The second-order valence-electron chi connectivity index (χ2n) is 8.63. The van der Waals surface area contributed by atoms with Gasteiger partial charge in [-0.05, 0) is 17.7 Å². The summed E-state index contributed by atoms with van der Waals surface area (Å²) < 4.78 is 16.5. The third-order valence-corrected chi connectivity index (χ3v) is 6.33. The number of benzene rings is 1. The van der Waals surface area contributed by atoms with Crippen LogP contribution in [-0.2, 0) is 22.6 Å². The summed E-state index contributed by atoms with van der Waals surface area (Å²) in [5.41, 5.74) is 1.44. The summed E-state index contributed by atoms with van der Waals surface area (Å²) in [6, 6.07) is 7.88. The van der Waals surface area contributed by atoms with Crippen LogP contribution in [0.25, 0.3) is 0 Å². The Morgan fingerprint density at radius 2 is 1.74 bits per heavy atom. The van der Waals surface area contributed by atoms with Gasteiger partial charge in [-0.15, -0.1) is 0 Å². The maximum absolute atomic E-state index is 12.5. The molecule has 2 aromatic rings. The van der Waals surface area contributed by atoms with Crippen LogP contribution in [0.5, 0.6) is 0 Å². The molecule has 0 unspecified atom stereocenters. The molecule has 1 amide bonds. The number of hydrogen-bond donors (Lipinski definition) is 1. The number of carbonyl (C=O) groups is 1. The third kappa shape index (κ3) is 8.04. The van der Waals surface area contributed by atoms with Crippen molar-refractivity contribution in [3.05, 3.63) is 52.7 Å².